The molecule has 0 fully saturated rings. The summed E-state index contributed by atoms with van der Waals surface area (Å²) in [6.07, 6.45) is 0. The van der Waals surface area contributed by atoms with E-state index in [4.69, 9.17) is 4.42 Å². The molecular weight excluding hydrogens is 340 g/mol. The molecule has 0 aliphatic carbocycles. The summed E-state index contributed by atoms with van der Waals surface area (Å²) >= 11 is 4.75. The second-order valence-electron chi connectivity index (χ2n) is 4.33. The number of hydrogen-bond donors (Lipinski definition) is 1. The lowest BCUT2D eigenvalue weighted by molar-refractivity contribution is 0.473. The Labute approximate surface area is 138 Å². The van der Waals surface area contributed by atoms with Crippen LogP contribution >= 0.6 is 34.9 Å². The molecular formula is C14H12N2O3S3. The van der Waals surface area contributed by atoms with Crippen molar-refractivity contribution >= 4 is 45.8 Å². The van der Waals surface area contributed by atoms with Gasteiger partial charge in [-0.3, -0.25) is 0 Å². The van der Waals surface area contributed by atoms with Crippen molar-refractivity contribution in [2.24, 2.45) is 0 Å². The average Bonchev–Trinajstić information content (AvgIpc) is 2.92. The molecule has 0 aliphatic rings. The molecule has 114 valence electrons. The Balaban J connectivity index is 1.85. The lowest BCUT2D eigenvalue weighted by Crippen LogP contribution is -1.99. The second-order valence-corrected chi connectivity index (χ2v) is 8.04. The van der Waals surface area contributed by atoms with Crippen molar-refractivity contribution in [2.45, 2.75) is 21.4 Å². The summed E-state index contributed by atoms with van der Waals surface area (Å²) in [4.78, 5) is 11.6. The molecule has 3 rings (SSSR count). The molecule has 0 bridgehead atoms. The molecule has 8 heteroatoms. The van der Waals surface area contributed by atoms with Gasteiger partial charge >= 0.3 is 5.63 Å². The van der Waals surface area contributed by atoms with Crippen molar-refractivity contribution in [2.75, 3.05) is 5.75 Å². The molecule has 3 aromatic rings. The van der Waals surface area contributed by atoms with E-state index in [1.807, 2.05) is 0 Å². The number of phenols is 1. The highest BCUT2D eigenvalue weighted by Crippen LogP contribution is 2.32. The van der Waals surface area contributed by atoms with E-state index in [-0.39, 0.29) is 5.75 Å². The van der Waals surface area contributed by atoms with Crippen LogP contribution in [0.25, 0.3) is 11.0 Å². The van der Waals surface area contributed by atoms with Gasteiger partial charge in [-0.1, -0.05) is 41.8 Å². The Morgan fingerprint density at radius 3 is 2.77 bits per heavy atom. The molecule has 1 aromatic carbocycles. The van der Waals surface area contributed by atoms with Gasteiger partial charge in [0.25, 0.3) is 0 Å². The quantitative estimate of drug-likeness (QED) is 0.553. The number of phenolic OH excluding ortho intramolecular Hbond substituents is 1. The van der Waals surface area contributed by atoms with Crippen molar-refractivity contribution in [1.29, 1.82) is 0 Å². The minimum atomic E-state index is -0.423. The van der Waals surface area contributed by atoms with Crippen LogP contribution in [0, 0.1) is 0 Å². The Morgan fingerprint density at radius 1 is 1.23 bits per heavy atom. The summed E-state index contributed by atoms with van der Waals surface area (Å²) < 4.78 is 6.94. The third-order valence-electron chi connectivity index (χ3n) is 2.82. The minimum Gasteiger partial charge on any atom is -0.508 e. The minimum absolute atomic E-state index is 0.0748. The van der Waals surface area contributed by atoms with Crippen molar-refractivity contribution in [3.05, 3.63) is 40.2 Å². The van der Waals surface area contributed by atoms with E-state index in [9.17, 15) is 9.90 Å². The largest absolute Gasteiger partial charge is 0.508 e. The zero-order valence-corrected chi connectivity index (χ0v) is 14.1. The van der Waals surface area contributed by atoms with E-state index in [0.717, 1.165) is 25.4 Å². The van der Waals surface area contributed by atoms with Crippen LogP contribution in [-0.4, -0.2) is 21.1 Å². The van der Waals surface area contributed by atoms with Crippen LogP contribution in [0.2, 0.25) is 0 Å². The SMILES string of the molecule is CCSc1nnc(SCc2cc(=O)oc3cc(O)ccc23)s1. The summed E-state index contributed by atoms with van der Waals surface area (Å²) in [5.41, 5.74) is 0.826. The van der Waals surface area contributed by atoms with Gasteiger partial charge in [0.2, 0.25) is 0 Å². The number of nitrogens with zero attached hydrogens (tertiary/aromatic N) is 2. The molecule has 2 heterocycles. The number of thioether (sulfide) groups is 2. The fourth-order valence-electron chi connectivity index (χ4n) is 1.91. The van der Waals surface area contributed by atoms with E-state index < -0.39 is 5.63 Å². The van der Waals surface area contributed by atoms with Gasteiger partial charge in [0.05, 0.1) is 0 Å². The maximum absolute atomic E-state index is 11.6. The lowest BCUT2D eigenvalue weighted by atomic mass is 10.1. The molecule has 0 saturated carbocycles. The first-order chi connectivity index (χ1) is 10.7. The van der Waals surface area contributed by atoms with E-state index in [2.05, 4.69) is 17.1 Å². The van der Waals surface area contributed by atoms with Gasteiger partial charge in [-0.05, 0) is 23.4 Å². The first-order valence-electron chi connectivity index (χ1n) is 6.50. The fourth-order valence-corrected chi connectivity index (χ4v) is 4.82. The highest BCUT2D eigenvalue weighted by Gasteiger charge is 2.09. The predicted molar refractivity (Wildman–Crippen MR) is 90.0 cm³/mol. The Kier molecular flexibility index (Phi) is 4.70. The molecule has 0 saturated heterocycles. The molecule has 0 unspecified atom stereocenters. The molecule has 22 heavy (non-hydrogen) atoms. The average molecular weight is 352 g/mol. The van der Waals surface area contributed by atoms with Crippen molar-refractivity contribution in [3.63, 3.8) is 0 Å². The topological polar surface area (TPSA) is 76.2 Å². The monoisotopic (exact) mass is 352 g/mol. The number of aromatic nitrogens is 2. The summed E-state index contributed by atoms with van der Waals surface area (Å²) in [7, 11) is 0. The smallest absolute Gasteiger partial charge is 0.336 e. The normalized spacial score (nSPS) is 11.1. The third-order valence-corrected chi connectivity index (χ3v) is 5.94. The van der Waals surface area contributed by atoms with Crippen LogP contribution in [0.3, 0.4) is 0 Å². The van der Waals surface area contributed by atoms with Gasteiger partial charge in [0, 0.05) is 23.3 Å². The zero-order chi connectivity index (χ0) is 15.5. The van der Waals surface area contributed by atoms with Crippen molar-refractivity contribution in [3.8, 4) is 5.75 Å². The summed E-state index contributed by atoms with van der Waals surface area (Å²) in [6, 6.07) is 6.26. The summed E-state index contributed by atoms with van der Waals surface area (Å²) in [6.45, 7) is 2.07. The number of fused-ring (bicyclic) bond motifs is 1. The van der Waals surface area contributed by atoms with Crippen molar-refractivity contribution in [1.82, 2.24) is 10.2 Å². The van der Waals surface area contributed by atoms with Crippen LogP contribution in [-0.2, 0) is 5.75 Å². The molecule has 0 spiro atoms. The summed E-state index contributed by atoms with van der Waals surface area (Å²) in [5.74, 6) is 1.64. The number of rotatable bonds is 5. The summed E-state index contributed by atoms with van der Waals surface area (Å²) in [5, 5.41) is 18.5. The van der Waals surface area contributed by atoms with Gasteiger partial charge in [-0.2, -0.15) is 0 Å². The van der Waals surface area contributed by atoms with Gasteiger partial charge in [0.15, 0.2) is 8.68 Å². The Bertz CT molecular complexity index is 860. The van der Waals surface area contributed by atoms with Gasteiger partial charge in [-0.15, -0.1) is 10.2 Å². The maximum Gasteiger partial charge on any atom is 0.336 e. The van der Waals surface area contributed by atoms with E-state index in [1.165, 1.54) is 23.9 Å². The fraction of sp³-hybridized carbons (Fsp3) is 0.214. The first-order valence-corrected chi connectivity index (χ1v) is 9.29. The number of aromatic hydroxyl groups is 1. The first kappa shape index (κ1) is 15.4. The zero-order valence-electron chi connectivity index (χ0n) is 11.6. The molecule has 0 amide bonds. The van der Waals surface area contributed by atoms with E-state index in [1.54, 1.807) is 35.2 Å². The Morgan fingerprint density at radius 2 is 2.00 bits per heavy atom. The van der Waals surface area contributed by atoms with Crippen molar-refractivity contribution < 1.29 is 9.52 Å². The molecule has 0 atom stereocenters. The van der Waals surface area contributed by atoms with Gasteiger partial charge in [0.1, 0.15) is 11.3 Å². The van der Waals surface area contributed by atoms with E-state index >= 15 is 0 Å². The molecule has 2 aromatic heterocycles. The molecule has 0 radical (unpaired) electrons. The van der Waals surface area contributed by atoms with E-state index in [0.29, 0.717) is 11.3 Å². The highest BCUT2D eigenvalue weighted by molar-refractivity contribution is 8.02. The van der Waals surface area contributed by atoms with Crippen LogP contribution in [0.4, 0.5) is 0 Å². The van der Waals surface area contributed by atoms with Crippen LogP contribution in [0.15, 0.2) is 42.2 Å². The maximum atomic E-state index is 11.6. The lowest BCUT2D eigenvalue weighted by Gasteiger charge is -2.04. The Hall–Kier alpha value is -1.51. The number of hydrogen-bond acceptors (Lipinski definition) is 8. The van der Waals surface area contributed by atoms with Crippen LogP contribution < -0.4 is 5.63 Å². The third kappa shape index (κ3) is 3.45. The molecule has 1 N–H and O–H groups in total. The van der Waals surface area contributed by atoms with Crippen LogP contribution in [0.1, 0.15) is 12.5 Å². The standard InChI is InChI=1S/C14H12N2O3S3/c1-2-20-13-15-16-14(22-13)21-7-8-5-12(18)19-11-6-9(17)3-4-10(8)11/h3-6,17H,2,7H2,1H3. The van der Waals surface area contributed by atoms with Gasteiger partial charge in [-0.25, -0.2) is 4.79 Å². The van der Waals surface area contributed by atoms with Crippen LogP contribution in [0.5, 0.6) is 5.75 Å². The number of benzene rings is 1. The molecule has 0 aliphatic heterocycles. The van der Waals surface area contributed by atoms with Gasteiger partial charge < -0.3 is 9.52 Å². The second kappa shape index (κ2) is 6.72. The highest BCUT2D eigenvalue weighted by atomic mass is 32.2. The predicted octanol–water partition coefficient (Wildman–Crippen LogP) is 3.75. The molecule has 5 nitrogen and oxygen atoms in total.